The number of fused-ring (bicyclic) bond motifs is 1. The predicted molar refractivity (Wildman–Crippen MR) is 72.2 cm³/mol. The van der Waals surface area contributed by atoms with E-state index in [2.05, 4.69) is 5.32 Å². The molecule has 0 atom stereocenters. The number of aromatic hydroxyl groups is 1. The third-order valence-corrected chi connectivity index (χ3v) is 2.85. The highest BCUT2D eigenvalue weighted by molar-refractivity contribution is 6.04. The van der Waals surface area contributed by atoms with Crippen molar-refractivity contribution in [1.29, 1.82) is 0 Å². The molecule has 0 aliphatic carbocycles. The van der Waals surface area contributed by atoms with Crippen molar-refractivity contribution in [3.8, 4) is 5.75 Å². The molecule has 0 bridgehead atoms. The van der Waals surface area contributed by atoms with Crippen molar-refractivity contribution in [3.05, 3.63) is 60.1 Å². The fourth-order valence-corrected chi connectivity index (χ4v) is 1.87. The predicted octanol–water partition coefficient (Wildman–Crippen LogP) is 3.53. The Morgan fingerprint density at radius 3 is 2.70 bits per heavy atom. The van der Waals surface area contributed by atoms with Gasteiger partial charge in [-0.25, -0.2) is 4.39 Å². The zero-order valence-electron chi connectivity index (χ0n) is 10.3. The van der Waals surface area contributed by atoms with Crippen LogP contribution >= 0.6 is 0 Å². The molecule has 0 aliphatic heterocycles. The lowest BCUT2D eigenvalue weighted by atomic mass is 10.2. The van der Waals surface area contributed by atoms with Crippen molar-refractivity contribution in [1.82, 2.24) is 0 Å². The maximum absolute atomic E-state index is 13.2. The largest absolute Gasteiger partial charge is 0.505 e. The molecule has 1 aromatic heterocycles. The van der Waals surface area contributed by atoms with E-state index in [1.807, 2.05) is 18.2 Å². The average Bonchev–Trinajstić information content (AvgIpc) is 2.87. The van der Waals surface area contributed by atoms with Gasteiger partial charge in [-0.05, 0) is 24.3 Å². The molecule has 0 fully saturated rings. The van der Waals surface area contributed by atoms with E-state index < -0.39 is 17.5 Å². The highest BCUT2D eigenvalue weighted by Gasteiger charge is 2.13. The number of halogens is 1. The molecule has 0 aliphatic rings. The van der Waals surface area contributed by atoms with Gasteiger partial charge in [-0.1, -0.05) is 18.2 Å². The molecular weight excluding hydrogens is 261 g/mol. The Balaban J connectivity index is 1.86. The van der Waals surface area contributed by atoms with Crippen LogP contribution in [0.2, 0.25) is 0 Å². The molecule has 1 heterocycles. The normalized spacial score (nSPS) is 10.7. The molecule has 1 amide bonds. The van der Waals surface area contributed by atoms with Gasteiger partial charge in [-0.2, -0.15) is 0 Å². The number of phenolic OH excluding ortho intramolecular Hbond substituents is 1. The van der Waals surface area contributed by atoms with E-state index in [9.17, 15) is 9.18 Å². The topological polar surface area (TPSA) is 62.5 Å². The zero-order valence-corrected chi connectivity index (χ0v) is 10.3. The monoisotopic (exact) mass is 271 g/mol. The maximum Gasteiger partial charge on any atom is 0.291 e. The van der Waals surface area contributed by atoms with E-state index >= 15 is 0 Å². The Kier molecular flexibility index (Phi) is 2.87. The third kappa shape index (κ3) is 2.21. The van der Waals surface area contributed by atoms with E-state index in [-0.39, 0.29) is 11.4 Å². The SMILES string of the molecule is O=C(Nc1ccc(O)c(F)c1)c1cc2ccccc2o1. The van der Waals surface area contributed by atoms with Crippen LogP contribution < -0.4 is 5.32 Å². The van der Waals surface area contributed by atoms with Gasteiger partial charge in [0.15, 0.2) is 17.3 Å². The highest BCUT2D eigenvalue weighted by Crippen LogP contribution is 2.22. The number of furan rings is 1. The Morgan fingerprint density at radius 2 is 1.95 bits per heavy atom. The smallest absolute Gasteiger partial charge is 0.291 e. The Morgan fingerprint density at radius 1 is 1.15 bits per heavy atom. The van der Waals surface area contributed by atoms with Crippen molar-refractivity contribution in [3.63, 3.8) is 0 Å². The van der Waals surface area contributed by atoms with Crippen LogP contribution in [0.1, 0.15) is 10.6 Å². The quantitative estimate of drug-likeness (QED) is 0.701. The first kappa shape index (κ1) is 12.2. The van der Waals surface area contributed by atoms with Gasteiger partial charge in [-0.15, -0.1) is 0 Å². The molecule has 2 N–H and O–H groups in total. The summed E-state index contributed by atoms with van der Waals surface area (Å²) in [5, 5.41) is 12.4. The summed E-state index contributed by atoms with van der Waals surface area (Å²) in [6.45, 7) is 0. The number of amides is 1. The summed E-state index contributed by atoms with van der Waals surface area (Å²) in [4.78, 5) is 12.0. The molecule has 3 rings (SSSR count). The molecule has 4 nitrogen and oxygen atoms in total. The van der Waals surface area contributed by atoms with E-state index in [4.69, 9.17) is 9.52 Å². The summed E-state index contributed by atoms with van der Waals surface area (Å²) in [7, 11) is 0. The van der Waals surface area contributed by atoms with Crippen LogP contribution in [0.5, 0.6) is 5.75 Å². The average molecular weight is 271 g/mol. The van der Waals surface area contributed by atoms with Gasteiger partial charge in [-0.3, -0.25) is 4.79 Å². The number of anilines is 1. The Hall–Kier alpha value is -2.82. The number of carbonyl (C=O) groups is 1. The standard InChI is InChI=1S/C15H10FNO3/c16-11-8-10(5-6-12(11)18)17-15(19)14-7-9-3-1-2-4-13(9)20-14/h1-8,18H,(H,17,19). The van der Waals surface area contributed by atoms with Crippen LogP contribution in [0, 0.1) is 5.82 Å². The van der Waals surface area contributed by atoms with Crippen LogP contribution in [-0.4, -0.2) is 11.0 Å². The van der Waals surface area contributed by atoms with Crippen molar-refractivity contribution >= 4 is 22.6 Å². The first-order chi connectivity index (χ1) is 9.63. The highest BCUT2D eigenvalue weighted by atomic mass is 19.1. The van der Waals surface area contributed by atoms with Crippen LogP contribution in [0.25, 0.3) is 11.0 Å². The molecule has 3 aromatic rings. The van der Waals surface area contributed by atoms with Gasteiger partial charge in [0.1, 0.15) is 5.58 Å². The van der Waals surface area contributed by atoms with Gasteiger partial charge in [0.05, 0.1) is 0 Å². The van der Waals surface area contributed by atoms with Crippen molar-refractivity contribution < 1.29 is 18.7 Å². The molecule has 0 saturated heterocycles. The van der Waals surface area contributed by atoms with Crippen LogP contribution in [0.3, 0.4) is 0 Å². The zero-order chi connectivity index (χ0) is 14.1. The fourth-order valence-electron chi connectivity index (χ4n) is 1.87. The number of hydrogen-bond donors (Lipinski definition) is 2. The van der Waals surface area contributed by atoms with Crippen LogP contribution in [0.4, 0.5) is 10.1 Å². The van der Waals surface area contributed by atoms with Crippen molar-refractivity contribution in [2.75, 3.05) is 5.32 Å². The number of benzene rings is 2. The van der Waals surface area contributed by atoms with E-state index in [1.54, 1.807) is 12.1 Å². The summed E-state index contributed by atoms with van der Waals surface area (Å²) >= 11 is 0. The lowest BCUT2D eigenvalue weighted by Gasteiger charge is -2.03. The number of phenols is 1. The molecule has 0 radical (unpaired) electrons. The van der Waals surface area contributed by atoms with Gasteiger partial charge in [0.2, 0.25) is 0 Å². The molecule has 100 valence electrons. The molecule has 0 spiro atoms. The van der Waals surface area contributed by atoms with Crippen LogP contribution in [-0.2, 0) is 0 Å². The van der Waals surface area contributed by atoms with E-state index in [0.717, 1.165) is 11.5 Å². The molecule has 20 heavy (non-hydrogen) atoms. The lowest BCUT2D eigenvalue weighted by molar-refractivity contribution is 0.0998. The van der Waals surface area contributed by atoms with E-state index in [1.165, 1.54) is 12.1 Å². The minimum atomic E-state index is -0.799. The van der Waals surface area contributed by atoms with Crippen molar-refractivity contribution in [2.45, 2.75) is 0 Å². The minimum absolute atomic E-state index is 0.139. The number of para-hydroxylation sites is 1. The van der Waals surface area contributed by atoms with Crippen molar-refractivity contribution in [2.24, 2.45) is 0 Å². The summed E-state index contributed by atoms with van der Waals surface area (Å²) in [6, 6.07) is 12.5. The second-order valence-corrected chi connectivity index (χ2v) is 4.27. The summed E-state index contributed by atoms with van der Waals surface area (Å²) < 4.78 is 18.6. The number of carbonyl (C=O) groups excluding carboxylic acids is 1. The molecular formula is C15H10FNO3. The molecule has 0 saturated carbocycles. The lowest BCUT2D eigenvalue weighted by Crippen LogP contribution is -2.10. The minimum Gasteiger partial charge on any atom is -0.505 e. The summed E-state index contributed by atoms with van der Waals surface area (Å²) in [5.41, 5.74) is 0.847. The second kappa shape index (κ2) is 4.70. The number of rotatable bonds is 2. The fraction of sp³-hybridized carbons (Fsp3) is 0. The van der Waals surface area contributed by atoms with Gasteiger partial charge >= 0.3 is 0 Å². The first-order valence-electron chi connectivity index (χ1n) is 5.92. The van der Waals surface area contributed by atoms with E-state index in [0.29, 0.717) is 5.58 Å². The first-order valence-corrected chi connectivity index (χ1v) is 5.92. The summed E-state index contributed by atoms with van der Waals surface area (Å²) in [5.74, 6) is -1.61. The Labute approximate surface area is 113 Å². The van der Waals surface area contributed by atoms with Gasteiger partial charge in [0.25, 0.3) is 5.91 Å². The molecule has 2 aromatic carbocycles. The molecule has 5 heteroatoms. The second-order valence-electron chi connectivity index (χ2n) is 4.27. The third-order valence-electron chi connectivity index (χ3n) is 2.85. The van der Waals surface area contributed by atoms with Gasteiger partial charge in [0, 0.05) is 17.1 Å². The maximum atomic E-state index is 13.2. The number of hydrogen-bond acceptors (Lipinski definition) is 3. The number of nitrogens with one attached hydrogen (secondary N) is 1. The summed E-state index contributed by atoms with van der Waals surface area (Å²) in [6.07, 6.45) is 0. The Bertz CT molecular complexity index is 762. The molecule has 0 unspecified atom stereocenters. The van der Waals surface area contributed by atoms with Gasteiger partial charge < -0.3 is 14.8 Å². The van der Waals surface area contributed by atoms with Crippen LogP contribution in [0.15, 0.2) is 52.9 Å².